The molecule has 1 aromatic heterocycles. The summed E-state index contributed by atoms with van der Waals surface area (Å²) in [6.45, 7) is 0.767. The Hall–Kier alpha value is -3.28. The van der Waals surface area contributed by atoms with Gasteiger partial charge in [-0.2, -0.15) is 0 Å². The Labute approximate surface area is 143 Å². The summed E-state index contributed by atoms with van der Waals surface area (Å²) >= 11 is 0. The van der Waals surface area contributed by atoms with Gasteiger partial charge in [-0.15, -0.1) is 0 Å². The summed E-state index contributed by atoms with van der Waals surface area (Å²) in [4.78, 5) is 24.2. The van der Waals surface area contributed by atoms with Crippen molar-refractivity contribution in [2.24, 2.45) is 0 Å². The molecule has 6 heteroatoms. The third-order valence-corrected chi connectivity index (χ3v) is 4.13. The van der Waals surface area contributed by atoms with Gasteiger partial charge in [-0.05, 0) is 29.8 Å². The number of carbonyl (C=O) groups is 1. The van der Waals surface area contributed by atoms with E-state index in [-0.39, 0.29) is 24.7 Å². The molecule has 0 spiro atoms. The number of aromatic nitrogens is 1. The summed E-state index contributed by atoms with van der Waals surface area (Å²) < 4.78 is 12.4. The largest absolute Gasteiger partial charge is 0.454 e. The molecule has 0 saturated carbocycles. The molecule has 1 aliphatic rings. The fourth-order valence-electron chi connectivity index (χ4n) is 2.86. The summed E-state index contributed by atoms with van der Waals surface area (Å²) in [6, 6.07) is 14.3. The van der Waals surface area contributed by atoms with Gasteiger partial charge in [0.05, 0.1) is 5.52 Å². The Balaban J connectivity index is 1.46. The monoisotopic (exact) mass is 336 g/mol. The van der Waals surface area contributed by atoms with Gasteiger partial charge in [-0.3, -0.25) is 9.59 Å². The lowest BCUT2D eigenvalue weighted by atomic mass is 10.2. The highest BCUT2D eigenvalue weighted by atomic mass is 16.7. The number of fused-ring (bicyclic) bond motifs is 2. The standard InChI is InChI=1S/C19H16N2O4/c22-16-7-8-21(15-4-2-1-3-14(15)16)11-19(23)20-10-13-5-6-17-18(9-13)25-12-24-17/h1-9H,10-12H2,(H,20,23). The van der Waals surface area contributed by atoms with Crippen molar-refractivity contribution in [2.75, 3.05) is 6.79 Å². The highest BCUT2D eigenvalue weighted by molar-refractivity contribution is 5.82. The fraction of sp³-hybridized carbons (Fsp3) is 0.158. The first-order valence-electron chi connectivity index (χ1n) is 7.94. The Bertz CT molecular complexity index is 1010. The second-order valence-corrected chi connectivity index (χ2v) is 5.79. The van der Waals surface area contributed by atoms with Gasteiger partial charge < -0.3 is 19.4 Å². The van der Waals surface area contributed by atoms with Crippen LogP contribution in [0.25, 0.3) is 10.9 Å². The normalized spacial score (nSPS) is 12.3. The van der Waals surface area contributed by atoms with Gasteiger partial charge >= 0.3 is 0 Å². The van der Waals surface area contributed by atoms with Crippen molar-refractivity contribution in [3.8, 4) is 11.5 Å². The van der Waals surface area contributed by atoms with Gasteiger partial charge in [-0.1, -0.05) is 18.2 Å². The third kappa shape index (κ3) is 3.06. The molecule has 1 aliphatic heterocycles. The number of ether oxygens (including phenoxy) is 2. The van der Waals surface area contributed by atoms with Crippen LogP contribution in [0.5, 0.6) is 11.5 Å². The topological polar surface area (TPSA) is 69.6 Å². The lowest BCUT2D eigenvalue weighted by Crippen LogP contribution is -2.27. The van der Waals surface area contributed by atoms with E-state index in [0.717, 1.165) is 16.8 Å². The number of hydrogen-bond acceptors (Lipinski definition) is 4. The first-order valence-corrected chi connectivity index (χ1v) is 7.94. The summed E-state index contributed by atoms with van der Waals surface area (Å²) in [7, 11) is 0. The van der Waals surface area contributed by atoms with Crippen LogP contribution in [0.1, 0.15) is 5.56 Å². The molecule has 126 valence electrons. The lowest BCUT2D eigenvalue weighted by molar-refractivity contribution is -0.121. The highest BCUT2D eigenvalue weighted by Crippen LogP contribution is 2.32. The number of pyridine rings is 1. The van der Waals surface area contributed by atoms with E-state index in [2.05, 4.69) is 5.32 Å². The molecule has 0 saturated heterocycles. The van der Waals surface area contributed by atoms with Crippen LogP contribution >= 0.6 is 0 Å². The number of carbonyl (C=O) groups excluding carboxylic acids is 1. The minimum absolute atomic E-state index is 0.0485. The second-order valence-electron chi connectivity index (χ2n) is 5.79. The lowest BCUT2D eigenvalue weighted by Gasteiger charge is -2.11. The molecule has 0 bridgehead atoms. The Morgan fingerprint density at radius 3 is 2.84 bits per heavy atom. The quantitative estimate of drug-likeness (QED) is 0.792. The van der Waals surface area contributed by atoms with E-state index in [0.29, 0.717) is 17.7 Å². The van der Waals surface area contributed by atoms with Crippen LogP contribution in [-0.4, -0.2) is 17.3 Å². The second kappa shape index (κ2) is 6.32. The zero-order valence-electron chi connectivity index (χ0n) is 13.4. The van der Waals surface area contributed by atoms with Crippen molar-refractivity contribution >= 4 is 16.8 Å². The Morgan fingerprint density at radius 2 is 1.92 bits per heavy atom. The van der Waals surface area contributed by atoms with Gasteiger partial charge in [0, 0.05) is 24.2 Å². The van der Waals surface area contributed by atoms with Gasteiger partial charge in [0.25, 0.3) is 0 Å². The maximum Gasteiger partial charge on any atom is 0.240 e. The van der Waals surface area contributed by atoms with Crippen LogP contribution in [0.4, 0.5) is 0 Å². The number of benzene rings is 2. The van der Waals surface area contributed by atoms with Crippen LogP contribution in [0.15, 0.2) is 59.5 Å². The molecule has 0 radical (unpaired) electrons. The maximum atomic E-state index is 12.3. The first kappa shape index (κ1) is 15.3. The molecular formula is C19H16N2O4. The predicted molar refractivity (Wildman–Crippen MR) is 92.6 cm³/mol. The van der Waals surface area contributed by atoms with Crippen LogP contribution in [0.3, 0.4) is 0 Å². The number of nitrogens with one attached hydrogen (secondary N) is 1. The SMILES string of the molecule is O=C(Cn1ccc(=O)c2ccccc21)NCc1ccc2c(c1)OCO2. The van der Waals surface area contributed by atoms with Crippen molar-refractivity contribution in [3.63, 3.8) is 0 Å². The molecule has 0 unspecified atom stereocenters. The van der Waals surface area contributed by atoms with Gasteiger partial charge in [0.2, 0.25) is 12.7 Å². The Kier molecular flexibility index (Phi) is 3.85. The van der Waals surface area contributed by atoms with Crippen molar-refractivity contribution in [2.45, 2.75) is 13.1 Å². The fourth-order valence-corrected chi connectivity index (χ4v) is 2.86. The molecule has 0 atom stereocenters. The summed E-state index contributed by atoms with van der Waals surface area (Å²) in [6.07, 6.45) is 1.64. The molecule has 2 aromatic carbocycles. The van der Waals surface area contributed by atoms with Crippen LogP contribution in [-0.2, 0) is 17.9 Å². The van der Waals surface area contributed by atoms with Crippen LogP contribution in [0, 0.1) is 0 Å². The predicted octanol–water partition coefficient (Wildman–Crippen LogP) is 2.05. The molecule has 0 aliphatic carbocycles. The molecule has 0 fully saturated rings. The van der Waals surface area contributed by atoms with Crippen LogP contribution in [0.2, 0.25) is 0 Å². The van der Waals surface area contributed by atoms with Gasteiger partial charge in [0.15, 0.2) is 16.9 Å². The molecule has 1 amide bonds. The molecule has 25 heavy (non-hydrogen) atoms. The first-order chi connectivity index (χ1) is 12.2. The van der Waals surface area contributed by atoms with Crippen molar-refractivity contribution in [3.05, 3.63) is 70.5 Å². The van der Waals surface area contributed by atoms with E-state index >= 15 is 0 Å². The number of hydrogen-bond donors (Lipinski definition) is 1. The molecule has 3 aromatic rings. The summed E-state index contributed by atoms with van der Waals surface area (Å²) in [5.74, 6) is 1.28. The minimum atomic E-state index is -0.133. The van der Waals surface area contributed by atoms with E-state index in [9.17, 15) is 9.59 Å². The minimum Gasteiger partial charge on any atom is -0.454 e. The average molecular weight is 336 g/mol. The molecule has 6 nitrogen and oxygen atoms in total. The van der Waals surface area contributed by atoms with E-state index in [1.165, 1.54) is 6.07 Å². The third-order valence-electron chi connectivity index (χ3n) is 4.13. The number of nitrogens with zero attached hydrogens (tertiary/aromatic N) is 1. The van der Waals surface area contributed by atoms with Crippen molar-refractivity contribution < 1.29 is 14.3 Å². The number of amides is 1. The molecule has 4 rings (SSSR count). The van der Waals surface area contributed by atoms with Gasteiger partial charge in [0.1, 0.15) is 6.54 Å². The van der Waals surface area contributed by atoms with Crippen molar-refractivity contribution in [1.29, 1.82) is 0 Å². The Morgan fingerprint density at radius 1 is 1.08 bits per heavy atom. The van der Waals surface area contributed by atoms with E-state index < -0.39 is 0 Å². The van der Waals surface area contributed by atoms with E-state index in [1.807, 2.05) is 36.4 Å². The van der Waals surface area contributed by atoms with Crippen LogP contribution < -0.4 is 20.2 Å². The highest BCUT2D eigenvalue weighted by Gasteiger charge is 2.13. The van der Waals surface area contributed by atoms with E-state index in [1.54, 1.807) is 16.8 Å². The van der Waals surface area contributed by atoms with E-state index in [4.69, 9.17) is 9.47 Å². The maximum absolute atomic E-state index is 12.3. The zero-order valence-corrected chi connectivity index (χ0v) is 13.4. The summed E-state index contributed by atoms with van der Waals surface area (Å²) in [5.41, 5.74) is 1.63. The molecule has 1 N–H and O–H groups in total. The van der Waals surface area contributed by atoms with Crippen molar-refractivity contribution in [1.82, 2.24) is 9.88 Å². The summed E-state index contributed by atoms with van der Waals surface area (Å²) in [5, 5.41) is 3.49. The molecular weight excluding hydrogens is 320 g/mol. The number of para-hydroxylation sites is 1. The van der Waals surface area contributed by atoms with Gasteiger partial charge in [-0.25, -0.2) is 0 Å². The molecule has 2 heterocycles. The average Bonchev–Trinajstić information content (AvgIpc) is 3.10. The zero-order chi connectivity index (χ0) is 17.2. The number of rotatable bonds is 4. The smallest absolute Gasteiger partial charge is 0.240 e.